The van der Waals surface area contributed by atoms with Gasteiger partial charge in [-0.1, -0.05) is 11.8 Å². The van der Waals surface area contributed by atoms with Crippen LogP contribution in [-0.4, -0.2) is 15.7 Å². The van der Waals surface area contributed by atoms with E-state index in [1.165, 1.54) is 0 Å². The lowest BCUT2D eigenvalue weighted by Gasteiger charge is -1.98. The Bertz CT molecular complexity index is 624. The molecule has 2 aromatic rings. The van der Waals surface area contributed by atoms with Crippen molar-refractivity contribution in [1.29, 1.82) is 0 Å². The molecule has 0 radical (unpaired) electrons. The zero-order valence-corrected chi connectivity index (χ0v) is 12.1. The summed E-state index contributed by atoms with van der Waals surface area (Å²) in [5.41, 5.74) is 1.53. The summed E-state index contributed by atoms with van der Waals surface area (Å²) in [6.45, 7) is 0. The number of benzene rings is 1. The van der Waals surface area contributed by atoms with Crippen molar-refractivity contribution in [1.82, 2.24) is 9.55 Å². The molecule has 0 spiro atoms. The Labute approximate surface area is 116 Å². The van der Waals surface area contributed by atoms with Crippen molar-refractivity contribution >= 4 is 39.3 Å². The SMILES string of the molecule is FC(F)(F)CC#Cc1ccc2c(cnn2PI)c1. The number of hydrogen-bond acceptors (Lipinski definition) is 1. The highest BCUT2D eigenvalue weighted by atomic mass is 127. The summed E-state index contributed by atoms with van der Waals surface area (Å²) >= 11 is 2.21. The van der Waals surface area contributed by atoms with Crippen LogP contribution >= 0.6 is 28.4 Å². The molecule has 1 aromatic heterocycles. The van der Waals surface area contributed by atoms with Crippen LogP contribution in [0.15, 0.2) is 24.4 Å². The Morgan fingerprint density at radius 2 is 2.17 bits per heavy atom. The lowest BCUT2D eigenvalue weighted by atomic mass is 10.1. The Hall–Kier alpha value is -0.800. The summed E-state index contributed by atoms with van der Waals surface area (Å²) in [7, 11) is 0. The number of alkyl halides is 3. The third-order valence-corrected chi connectivity index (χ3v) is 4.06. The van der Waals surface area contributed by atoms with Crippen LogP contribution < -0.4 is 0 Å². The van der Waals surface area contributed by atoms with E-state index in [-0.39, 0.29) is 0 Å². The van der Waals surface area contributed by atoms with Gasteiger partial charge in [-0.15, -0.1) is 0 Å². The molecule has 0 N–H and O–H groups in total. The van der Waals surface area contributed by atoms with Gasteiger partial charge >= 0.3 is 6.18 Å². The number of nitrogens with zero attached hydrogens (tertiary/aromatic N) is 2. The molecule has 7 heteroatoms. The predicted molar refractivity (Wildman–Crippen MR) is 75.0 cm³/mol. The Kier molecular flexibility index (Phi) is 4.13. The lowest BCUT2D eigenvalue weighted by molar-refractivity contribution is -0.123. The fraction of sp³-hybridized carbons (Fsp3) is 0.182. The van der Waals surface area contributed by atoms with E-state index in [1.807, 2.05) is 10.5 Å². The number of hydrogen-bond donors (Lipinski definition) is 0. The maximum Gasteiger partial charge on any atom is 0.399 e. The third-order valence-electron chi connectivity index (χ3n) is 2.17. The minimum absolute atomic E-state index is 0.489. The van der Waals surface area contributed by atoms with Gasteiger partial charge < -0.3 is 0 Å². The van der Waals surface area contributed by atoms with Gasteiger partial charge in [0.1, 0.15) is 6.42 Å². The van der Waals surface area contributed by atoms with Crippen molar-refractivity contribution in [3.63, 3.8) is 0 Å². The Balaban J connectivity index is 2.26. The van der Waals surface area contributed by atoms with Gasteiger partial charge in [0.05, 0.1) is 18.1 Å². The lowest BCUT2D eigenvalue weighted by Crippen LogP contribution is -2.04. The van der Waals surface area contributed by atoms with Crippen molar-refractivity contribution in [2.45, 2.75) is 12.6 Å². The van der Waals surface area contributed by atoms with Gasteiger partial charge in [-0.3, -0.25) is 0 Å². The first kappa shape index (κ1) is 13.6. The molecule has 0 aliphatic carbocycles. The summed E-state index contributed by atoms with van der Waals surface area (Å²) in [5, 5.41) is 5.05. The minimum Gasteiger partial charge on any atom is -0.237 e. The van der Waals surface area contributed by atoms with Gasteiger partial charge in [0.15, 0.2) is 0 Å². The zero-order chi connectivity index (χ0) is 13.2. The number of fused-ring (bicyclic) bond motifs is 1. The van der Waals surface area contributed by atoms with Crippen LogP contribution in [0.2, 0.25) is 0 Å². The summed E-state index contributed by atoms with van der Waals surface area (Å²) in [5.74, 6) is 4.64. The van der Waals surface area contributed by atoms with Gasteiger partial charge in [0, 0.05) is 10.9 Å². The number of aromatic nitrogens is 2. The second-order valence-corrected chi connectivity index (χ2v) is 5.55. The summed E-state index contributed by atoms with van der Waals surface area (Å²) in [4.78, 5) is 0. The van der Waals surface area contributed by atoms with Gasteiger partial charge in [0.25, 0.3) is 0 Å². The molecule has 1 aromatic carbocycles. The van der Waals surface area contributed by atoms with Gasteiger partial charge in [-0.05, 0) is 40.2 Å². The van der Waals surface area contributed by atoms with Gasteiger partial charge in [-0.2, -0.15) is 18.3 Å². The summed E-state index contributed by atoms with van der Waals surface area (Å²) in [6, 6.07) is 5.28. The second-order valence-electron chi connectivity index (χ2n) is 3.51. The van der Waals surface area contributed by atoms with E-state index < -0.39 is 12.6 Å². The monoisotopic (exact) mass is 382 g/mol. The van der Waals surface area contributed by atoms with Gasteiger partial charge in [0.2, 0.25) is 0 Å². The van der Waals surface area contributed by atoms with Crippen molar-refractivity contribution in [2.75, 3.05) is 0 Å². The number of halogens is 4. The molecule has 2 rings (SSSR count). The molecule has 1 heterocycles. The van der Waals surface area contributed by atoms with Crippen LogP contribution in [0.1, 0.15) is 12.0 Å². The molecule has 0 saturated heterocycles. The van der Waals surface area contributed by atoms with Crippen LogP contribution in [0.4, 0.5) is 13.2 Å². The van der Waals surface area contributed by atoms with Crippen molar-refractivity contribution in [3.8, 4) is 11.8 Å². The van der Waals surface area contributed by atoms with Crippen LogP contribution in [0.25, 0.3) is 10.9 Å². The molecule has 0 bridgehead atoms. The van der Waals surface area contributed by atoms with Crippen LogP contribution in [0.3, 0.4) is 0 Å². The minimum atomic E-state index is -4.23. The molecule has 0 saturated carbocycles. The quantitative estimate of drug-likeness (QED) is 0.412. The highest BCUT2D eigenvalue weighted by Crippen LogP contribution is 2.28. The van der Waals surface area contributed by atoms with Crippen molar-refractivity contribution in [2.24, 2.45) is 0 Å². The fourth-order valence-electron chi connectivity index (χ4n) is 1.42. The summed E-state index contributed by atoms with van der Waals surface area (Å²) < 4.78 is 37.7. The topological polar surface area (TPSA) is 17.8 Å². The standard InChI is InChI=1S/C11H7F3IN2P/c12-11(13,14)5-1-2-8-3-4-10-9(6-8)7-16-17(10)18-15/h3-4,6-7,18H,5H2. The molecule has 0 amide bonds. The van der Waals surface area contributed by atoms with Gasteiger partial charge in [-0.25, -0.2) is 4.45 Å². The molecular formula is C11H7F3IN2P. The molecule has 1 unspecified atom stereocenters. The van der Waals surface area contributed by atoms with E-state index in [0.29, 0.717) is 11.9 Å². The Morgan fingerprint density at radius 3 is 2.83 bits per heavy atom. The van der Waals surface area contributed by atoms with E-state index in [9.17, 15) is 13.2 Å². The molecule has 94 valence electrons. The first-order valence-electron chi connectivity index (χ1n) is 4.90. The highest BCUT2D eigenvalue weighted by Gasteiger charge is 2.25. The van der Waals surface area contributed by atoms with E-state index in [2.05, 4.69) is 39.0 Å². The van der Waals surface area contributed by atoms with Crippen molar-refractivity contribution < 1.29 is 13.2 Å². The third kappa shape index (κ3) is 3.36. The Morgan fingerprint density at radius 1 is 1.39 bits per heavy atom. The highest BCUT2D eigenvalue weighted by molar-refractivity contribution is 14.2. The molecular weight excluding hydrogens is 375 g/mol. The molecule has 0 aliphatic rings. The molecule has 18 heavy (non-hydrogen) atoms. The maximum atomic E-state index is 11.9. The zero-order valence-electron chi connectivity index (χ0n) is 8.92. The predicted octanol–water partition coefficient (Wildman–Crippen LogP) is 4.13. The summed E-state index contributed by atoms with van der Waals surface area (Å²) in [6.07, 6.45) is -3.14. The van der Waals surface area contributed by atoms with Crippen LogP contribution in [0, 0.1) is 11.8 Å². The number of rotatable bonds is 1. The van der Waals surface area contributed by atoms with E-state index in [1.54, 1.807) is 18.3 Å². The first-order valence-corrected chi connectivity index (χ1v) is 8.96. The van der Waals surface area contributed by atoms with Crippen molar-refractivity contribution in [3.05, 3.63) is 30.0 Å². The largest absolute Gasteiger partial charge is 0.399 e. The molecule has 2 nitrogen and oxygen atoms in total. The molecule has 0 fully saturated rings. The maximum absolute atomic E-state index is 11.9. The van der Waals surface area contributed by atoms with E-state index >= 15 is 0 Å². The normalized spacial score (nSPS) is 12.0. The fourth-order valence-corrected chi connectivity index (χ4v) is 2.97. The van der Waals surface area contributed by atoms with E-state index in [4.69, 9.17) is 0 Å². The van der Waals surface area contributed by atoms with E-state index in [0.717, 1.165) is 10.9 Å². The van der Waals surface area contributed by atoms with Crippen LogP contribution in [-0.2, 0) is 0 Å². The second kappa shape index (κ2) is 5.45. The molecule has 0 aliphatic heterocycles. The smallest absolute Gasteiger partial charge is 0.237 e. The van der Waals surface area contributed by atoms with Crippen LogP contribution in [0.5, 0.6) is 0 Å². The first-order chi connectivity index (χ1) is 8.49. The molecule has 1 atom stereocenters. The average molecular weight is 382 g/mol. The average Bonchev–Trinajstić information content (AvgIpc) is 2.69.